The first-order valence-corrected chi connectivity index (χ1v) is 26.3. The Hall–Kier alpha value is -7.07. The van der Waals surface area contributed by atoms with Crippen molar-refractivity contribution in [2.75, 3.05) is 80.1 Å². The zero-order valence-electron chi connectivity index (χ0n) is 39.3. The summed E-state index contributed by atoms with van der Waals surface area (Å²) in [6, 6.07) is 24.6. The molecule has 10 rings (SSSR count). The van der Waals surface area contributed by atoms with E-state index in [-0.39, 0.29) is 24.4 Å². The monoisotopic (exact) mass is 981 g/mol. The smallest absolute Gasteiger partial charge is 0.262 e. The van der Waals surface area contributed by atoms with Crippen LogP contribution in [0.3, 0.4) is 0 Å². The molecule has 70 heavy (non-hydrogen) atoms. The number of nitrogens with one attached hydrogen (secondary N) is 3. The molecule has 1 atom stereocenters. The van der Waals surface area contributed by atoms with E-state index in [9.17, 15) is 23.7 Å². The summed E-state index contributed by atoms with van der Waals surface area (Å²) in [6.07, 6.45) is 7.44. The number of hydrogen-bond acceptors (Lipinski definition) is 14. The summed E-state index contributed by atoms with van der Waals surface area (Å²) < 4.78 is 21.4. The van der Waals surface area contributed by atoms with Crippen LogP contribution < -0.4 is 35.8 Å². The molecule has 0 spiro atoms. The van der Waals surface area contributed by atoms with Crippen LogP contribution >= 0.6 is 18.7 Å². The maximum atomic E-state index is 13.6. The van der Waals surface area contributed by atoms with Gasteiger partial charge in [-0.25, -0.2) is 4.98 Å². The minimum absolute atomic E-state index is 0.0772. The van der Waals surface area contributed by atoms with Crippen molar-refractivity contribution in [3.05, 3.63) is 114 Å². The third-order valence-corrected chi connectivity index (χ3v) is 15.5. The normalized spacial score (nSPS) is 18.0. The molecular weight excluding hydrogens is 929 g/mol. The van der Waals surface area contributed by atoms with Gasteiger partial charge in [-0.2, -0.15) is 10.1 Å². The highest BCUT2D eigenvalue weighted by atomic mass is 35.5. The summed E-state index contributed by atoms with van der Waals surface area (Å²) in [6.45, 7) is 8.38. The number of carbonyl (C=O) groups excluding carboxylic acids is 4. The number of fused-ring (bicyclic) bond motifs is 1. The van der Waals surface area contributed by atoms with Crippen LogP contribution in [0.25, 0.3) is 22.3 Å². The van der Waals surface area contributed by atoms with Gasteiger partial charge in [0.15, 0.2) is 5.82 Å². The molecule has 0 saturated carbocycles. The van der Waals surface area contributed by atoms with Crippen LogP contribution in [0.5, 0.6) is 5.75 Å². The van der Waals surface area contributed by atoms with Crippen molar-refractivity contribution in [3.8, 4) is 28.0 Å². The third kappa shape index (κ3) is 9.24. The Bertz CT molecular complexity index is 3090. The Morgan fingerprint density at radius 1 is 0.757 bits per heavy atom. The van der Waals surface area contributed by atoms with Crippen molar-refractivity contribution in [1.29, 1.82) is 0 Å². The first-order valence-electron chi connectivity index (χ1n) is 23.3. The molecule has 3 fully saturated rings. The van der Waals surface area contributed by atoms with Crippen molar-refractivity contribution < 1.29 is 28.5 Å². The number of nitrogens with zero attached hydrogens (tertiary/aromatic N) is 8. The molecule has 0 radical (unpaired) electrons. The molecule has 4 aromatic carbocycles. The van der Waals surface area contributed by atoms with Gasteiger partial charge in [-0.3, -0.25) is 39.0 Å². The lowest BCUT2D eigenvalue weighted by Gasteiger charge is -2.44. The number of imide groups is 2. The fraction of sp³-hybridized carbons (Fsp3) is 0.314. The standard InChI is InChI=1S/C51H53ClN11O6P/c1-59-30-33(28-54-59)37-26-41(56-51-53-29-39(52)47(58-51)55-40-13-10-32(24-45(40)70(3,4)68)31-8-6-5-7-9-31)44(69-2)27-43(37)62-22-20-61(21-23-62)34-16-18-60(19-17-34)35-11-12-36-38(25-35)50(67)63(49(36)66)42-14-15-46(64)57-48(42)65/h5-13,24-30,34,42H,14-23H2,1-4H3,(H,57,64,65)(H2,53,55,56,58). The number of amides is 4. The van der Waals surface area contributed by atoms with E-state index in [0.29, 0.717) is 44.9 Å². The molecule has 4 aliphatic rings. The predicted octanol–water partition coefficient (Wildman–Crippen LogP) is 7.13. The Kier molecular flexibility index (Phi) is 12.7. The average molecular weight is 982 g/mol. The third-order valence-electron chi connectivity index (χ3n) is 13.7. The molecular formula is C51H53ClN11O6P. The fourth-order valence-corrected chi connectivity index (χ4v) is 11.3. The van der Waals surface area contributed by atoms with E-state index >= 15 is 0 Å². The Morgan fingerprint density at radius 2 is 1.51 bits per heavy atom. The number of piperidine rings is 2. The number of halogens is 1. The molecule has 0 bridgehead atoms. The van der Waals surface area contributed by atoms with Gasteiger partial charge in [0.2, 0.25) is 17.8 Å². The van der Waals surface area contributed by atoms with E-state index in [1.165, 1.54) is 6.20 Å². The molecule has 360 valence electrons. The van der Waals surface area contributed by atoms with Gasteiger partial charge in [0.1, 0.15) is 24.0 Å². The first kappa shape index (κ1) is 46.6. The van der Waals surface area contributed by atoms with Gasteiger partial charge in [0.25, 0.3) is 11.8 Å². The highest BCUT2D eigenvalue weighted by molar-refractivity contribution is 7.70. The second kappa shape index (κ2) is 19.0. The zero-order valence-corrected chi connectivity index (χ0v) is 41.0. The minimum Gasteiger partial charge on any atom is -0.494 e. The maximum absolute atomic E-state index is 13.6. The largest absolute Gasteiger partial charge is 0.494 e. The Balaban J connectivity index is 0.820. The summed E-state index contributed by atoms with van der Waals surface area (Å²) in [5.41, 5.74) is 7.63. The molecule has 6 heterocycles. The number of piperazine rings is 1. The highest BCUT2D eigenvalue weighted by Crippen LogP contribution is 2.43. The Labute approximate surface area is 410 Å². The minimum atomic E-state index is -2.75. The fourth-order valence-electron chi connectivity index (χ4n) is 10.0. The van der Waals surface area contributed by atoms with E-state index in [2.05, 4.69) is 40.7 Å². The van der Waals surface area contributed by atoms with E-state index in [4.69, 9.17) is 21.3 Å². The number of anilines is 6. The van der Waals surface area contributed by atoms with E-state index in [1.807, 2.05) is 86.2 Å². The second-order valence-electron chi connectivity index (χ2n) is 18.5. The molecule has 19 heteroatoms. The van der Waals surface area contributed by atoms with Crippen LogP contribution in [-0.2, 0) is 21.2 Å². The SMILES string of the molecule is COc1cc(N2CCN(C3CCN(c4ccc5c(c4)C(=O)N(C4CCC(=O)NC4=O)C5=O)CC3)CC2)c(-c2cnn(C)c2)cc1Nc1ncc(Cl)c(Nc2ccc(-c3ccccc3)cc2P(C)(C)=O)n1. The molecule has 2 aromatic heterocycles. The number of aromatic nitrogens is 4. The number of aryl methyl sites for hydroxylation is 1. The van der Waals surface area contributed by atoms with Gasteiger partial charge in [-0.05, 0) is 80.1 Å². The first-order chi connectivity index (χ1) is 33.7. The summed E-state index contributed by atoms with van der Waals surface area (Å²) in [4.78, 5) is 68.6. The lowest BCUT2D eigenvalue weighted by molar-refractivity contribution is -0.136. The molecule has 1 unspecified atom stereocenters. The number of methoxy groups -OCH3 is 1. The van der Waals surface area contributed by atoms with Crippen molar-refractivity contribution in [3.63, 3.8) is 0 Å². The number of hydrogen-bond donors (Lipinski definition) is 3. The zero-order chi connectivity index (χ0) is 48.8. The van der Waals surface area contributed by atoms with Crippen LogP contribution in [0.4, 0.5) is 34.5 Å². The van der Waals surface area contributed by atoms with Crippen LogP contribution in [0.1, 0.15) is 46.4 Å². The van der Waals surface area contributed by atoms with Crippen LogP contribution in [0.15, 0.2) is 97.5 Å². The topological polar surface area (TPSA) is 187 Å². The lowest BCUT2D eigenvalue weighted by Crippen LogP contribution is -2.54. The maximum Gasteiger partial charge on any atom is 0.262 e. The van der Waals surface area contributed by atoms with E-state index in [0.717, 1.165) is 90.6 Å². The van der Waals surface area contributed by atoms with Gasteiger partial charge >= 0.3 is 0 Å². The number of ether oxygens (including phenoxy) is 1. The second-order valence-corrected chi connectivity index (χ2v) is 22.1. The van der Waals surface area contributed by atoms with Gasteiger partial charge in [-0.15, -0.1) is 0 Å². The quantitative estimate of drug-likeness (QED) is 0.0830. The summed E-state index contributed by atoms with van der Waals surface area (Å²) in [7, 11) is 0.784. The highest BCUT2D eigenvalue weighted by Gasteiger charge is 2.45. The van der Waals surface area contributed by atoms with Gasteiger partial charge in [0.05, 0.1) is 42.0 Å². The molecule has 4 amide bonds. The summed E-state index contributed by atoms with van der Waals surface area (Å²) in [5, 5.41) is 14.5. The van der Waals surface area contributed by atoms with Gasteiger partial charge in [-0.1, -0.05) is 48.0 Å². The molecule has 6 aromatic rings. The van der Waals surface area contributed by atoms with Crippen molar-refractivity contribution >= 4 is 82.2 Å². The summed E-state index contributed by atoms with van der Waals surface area (Å²) in [5.74, 6) is -0.787. The van der Waals surface area contributed by atoms with Crippen molar-refractivity contribution in [1.82, 2.24) is 34.9 Å². The van der Waals surface area contributed by atoms with E-state index in [1.54, 1.807) is 37.3 Å². The van der Waals surface area contributed by atoms with Crippen LogP contribution in [0.2, 0.25) is 5.02 Å². The number of benzene rings is 4. The molecule has 3 N–H and O–H groups in total. The molecule has 0 aliphatic carbocycles. The number of carbonyl (C=O) groups is 4. The average Bonchev–Trinajstić information content (AvgIpc) is 3.91. The van der Waals surface area contributed by atoms with Gasteiger partial charge < -0.3 is 29.7 Å². The van der Waals surface area contributed by atoms with Gasteiger partial charge in [0, 0.05) is 98.8 Å². The van der Waals surface area contributed by atoms with Crippen LogP contribution in [0, 0.1) is 0 Å². The number of rotatable bonds is 12. The summed E-state index contributed by atoms with van der Waals surface area (Å²) >= 11 is 6.70. The predicted molar refractivity (Wildman–Crippen MR) is 272 cm³/mol. The van der Waals surface area contributed by atoms with Crippen LogP contribution in [-0.4, -0.2) is 125 Å². The molecule has 4 aliphatic heterocycles. The van der Waals surface area contributed by atoms with Crippen molar-refractivity contribution in [2.24, 2.45) is 7.05 Å². The van der Waals surface area contributed by atoms with Crippen molar-refractivity contribution in [2.45, 2.75) is 37.8 Å². The lowest BCUT2D eigenvalue weighted by atomic mass is 10.00. The molecule has 17 nitrogen and oxygen atoms in total. The van der Waals surface area contributed by atoms with E-state index < -0.39 is 36.8 Å². The Morgan fingerprint density at radius 3 is 2.21 bits per heavy atom. The molecule has 3 saturated heterocycles.